The number of benzene rings is 1. The Morgan fingerprint density at radius 1 is 1.24 bits per heavy atom. The van der Waals surface area contributed by atoms with Gasteiger partial charge in [0.05, 0.1) is 10.7 Å². The van der Waals surface area contributed by atoms with Gasteiger partial charge < -0.3 is 10.5 Å². The van der Waals surface area contributed by atoms with Gasteiger partial charge in [-0.3, -0.25) is 0 Å². The van der Waals surface area contributed by atoms with Gasteiger partial charge in [-0.15, -0.1) is 0 Å². The Kier molecular flexibility index (Phi) is 3.41. The van der Waals surface area contributed by atoms with Gasteiger partial charge in [0.15, 0.2) is 5.75 Å². The number of anilines is 1. The molecule has 0 saturated carbocycles. The lowest BCUT2D eigenvalue weighted by Crippen LogP contribution is -1.94. The monoisotopic (exact) mass is 268 g/mol. The third-order valence-electron chi connectivity index (χ3n) is 2.15. The summed E-state index contributed by atoms with van der Waals surface area (Å²) < 4.78 is 5.52. The number of nitrogens with two attached hydrogens (primary N) is 1. The average Bonchev–Trinajstić information content (AvgIpc) is 2.25. The minimum Gasteiger partial charge on any atom is -0.435 e. The van der Waals surface area contributed by atoms with E-state index in [1.54, 1.807) is 12.1 Å². The molecule has 1 aromatic heterocycles. The van der Waals surface area contributed by atoms with Crippen LogP contribution in [0.3, 0.4) is 0 Å². The highest BCUT2D eigenvalue weighted by molar-refractivity contribution is 6.35. The Morgan fingerprint density at radius 3 is 2.65 bits per heavy atom. The van der Waals surface area contributed by atoms with Crippen molar-refractivity contribution in [2.75, 3.05) is 5.73 Å². The van der Waals surface area contributed by atoms with Crippen molar-refractivity contribution < 1.29 is 4.74 Å². The fourth-order valence-electron chi connectivity index (χ4n) is 1.34. The van der Waals surface area contributed by atoms with Gasteiger partial charge in [-0.05, 0) is 30.7 Å². The van der Waals surface area contributed by atoms with Crippen LogP contribution in [-0.2, 0) is 0 Å². The Hall–Kier alpha value is -1.45. The number of rotatable bonds is 2. The number of nitrogen functional groups attached to an aromatic ring is 1. The standard InChI is InChI=1S/C12H10Cl2N2O/c1-7-2-3-11(10(15)4-7)17-12-9(14)5-8(13)6-16-12/h2-6H,15H2,1H3. The molecule has 88 valence electrons. The molecule has 0 radical (unpaired) electrons. The number of pyridine rings is 1. The van der Waals surface area contributed by atoms with E-state index in [1.165, 1.54) is 6.20 Å². The highest BCUT2D eigenvalue weighted by Crippen LogP contribution is 2.32. The van der Waals surface area contributed by atoms with Crippen LogP contribution in [0.15, 0.2) is 30.5 Å². The molecule has 0 saturated heterocycles. The molecule has 3 nitrogen and oxygen atoms in total. The minimum atomic E-state index is 0.284. The second-order valence-corrected chi connectivity index (χ2v) is 4.43. The molecule has 0 spiro atoms. The third kappa shape index (κ3) is 2.81. The van der Waals surface area contributed by atoms with Gasteiger partial charge in [-0.2, -0.15) is 0 Å². The van der Waals surface area contributed by atoms with E-state index < -0.39 is 0 Å². The fraction of sp³-hybridized carbons (Fsp3) is 0.0833. The Bertz CT molecular complexity index is 509. The molecule has 1 aromatic carbocycles. The molecule has 0 amide bonds. The van der Waals surface area contributed by atoms with Gasteiger partial charge in [-0.25, -0.2) is 4.98 Å². The number of hydrogen-bond donors (Lipinski definition) is 1. The van der Waals surface area contributed by atoms with Crippen LogP contribution < -0.4 is 10.5 Å². The first-order valence-electron chi connectivity index (χ1n) is 4.91. The number of ether oxygens (including phenoxy) is 1. The predicted octanol–water partition coefficient (Wildman–Crippen LogP) is 4.07. The summed E-state index contributed by atoms with van der Waals surface area (Å²) in [5, 5.41) is 0.803. The van der Waals surface area contributed by atoms with Crippen molar-refractivity contribution >= 4 is 28.9 Å². The quantitative estimate of drug-likeness (QED) is 0.836. The van der Waals surface area contributed by atoms with E-state index in [9.17, 15) is 0 Å². The SMILES string of the molecule is Cc1ccc(Oc2ncc(Cl)cc2Cl)c(N)c1. The Morgan fingerprint density at radius 2 is 2.00 bits per heavy atom. The number of halogens is 2. The van der Waals surface area contributed by atoms with Crippen molar-refractivity contribution in [1.29, 1.82) is 0 Å². The van der Waals surface area contributed by atoms with E-state index in [0.29, 0.717) is 21.5 Å². The van der Waals surface area contributed by atoms with Crippen LogP contribution in [0.1, 0.15) is 5.56 Å². The zero-order valence-electron chi connectivity index (χ0n) is 9.08. The molecule has 0 fully saturated rings. The van der Waals surface area contributed by atoms with Crippen molar-refractivity contribution in [2.45, 2.75) is 6.92 Å². The normalized spacial score (nSPS) is 10.3. The molecule has 0 unspecified atom stereocenters. The highest BCUT2D eigenvalue weighted by atomic mass is 35.5. The summed E-state index contributed by atoms with van der Waals surface area (Å²) in [4.78, 5) is 3.99. The van der Waals surface area contributed by atoms with E-state index in [4.69, 9.17) is 33.7 Å². The molecule has 2 aromatic rings. The number of hydrogen-bond acceptors (Lipinski definition) is 3. The first-order chi connectivity index (χ1) is 8.06. The van der Waals surface area contributed by atoms with Crippen LogP contribution >= 0.6 is 23.2 Å². The summed E-state index contributed by atoms with van der Waals surface area (Å²) in [5.74, 6) is 0.805. The van der Waals surface area contributed by atoms with E-state index >= 15 is 0 Å². The van der Waals surface area contributed by atoms with Crippen molar-refractivity contribution in [3.63, 3.8) is 0 Å². The van der Waals surface area contributed by atoms with E-state index in [-0.39, 0.29) is 5.88 Å². The van der Waals surface area contributed by atoms with Gasteiger partial charge in [0.25, 0.3) is 0 Å². The summed E-state index contributed by atoms with van der Waals surface area (Å²) in [7, 11) is 0. The molecule has 5 heteroatoms. The summed E-state index contributed by atoms with van der Waals surface area (Å²) in [6, 6.07) is 7.06. The highest BCUT2D eigenvalue weighted by Gasteiger charge is 2.08. The maximum atomic E-state index is 5.95. The average molecular weight is 269 g/mol. The van der Waals surface area contributed by atoms with Gasteiger partial charge in [0.2, 0.25) is 5.88 Å². The maximum absolute atomic E-state index is 5.95. The third-order valence-corrected chi connectivity index (χ3v) is 2.62. The van der Waals surface area contributed by atoms with Crippen LogP contribution in [0.25, 0.3) is 0 Å². The lowest BCUT2D eigenvalue weighted by atomic mass is 10.2. The van der Waals surface area contributed by atoms with E-state index in [2.05, 4.69) is 4.98 Å². The topological polar surface area (TPSA) is 48.1 Å². The molecule has 2 rings (SSSR count). The van der Waals surface area contributed by atoms with Crippen LogP contribution in [-0.4, -0.2) is 4.98 Å². The summed E-state index contributed by atoms with van der Waals surface area (Å²) >= 11 is 11.7. The molecule has 0 aliphatic carbocycles. The zero-order chi connectivity index (χ0) is 12.4. The molecule has 2 N–H and O–H groups in total. The van der Waals surface area contributed by atoms with Crippen molar-refractivity contribution in [3.8, 4) is 11.6 Å². The second-order valence-electron chi connectivity index (χ2n) is 3.58. The van der Waals surface area contributed by atoms with Gasteiger partial charge in [0, 0.05) is 6.20 Å². The first-order valence-corrected chi connectivity index (χ1v) is 5.67. The van der Waals surface area contributed by atoms with Crippen LogP contribution in [0.5, 0.6) is 11.6 Å². The summed E-state index contributed by atoms with van der Waals surface area (Å²) in [6.07, 6.45) is 1.47. The zero-order valence-corrected chi connectivity index (χ0v) is 10.6. The smallest absolute Gasteiger partial charge is 0.238 e. The molecule has 0 atom stereocenters. The molecular weight excluding hydrogens is 259 g/mol. The molecular formula is C12H10Cl2N2O. The number of nitrogens with zero attached hydrogens (tertiary/aromatic N) is 1. The Labute approximate surface area is 109 Å². The van der Waals surface area contributed by atoms with E-state index in [1.807, 2.05) is 19.1 Å². The van der Waals surface area contributed by atoms with Crippen LogP contribution in [0.2, 0.25) is 10.0 Å². The largest absolute Gasteiger partial charge is 0.435 e. The maximum Gasteiger partial charge on any atom is 0.238 e. The molecule has 1 heterocycles. The molecule has 0 aliphatic rings. The first kappa shape index (κ1) is 12.0. The summed E-state index contributed by atoms with van der Waals surface area (Å²) in [6.45, 7) is 1.95. The van der Waals surface area contributed by atoms with Crippen molar-refractivity contribution in [3.05, 3.63) is 46.1 Å². The Balaban J connectivity index is 2.31. The predicted molar refractivity (Wildman–Crippen MR) is 69.9 cm³/mol. The van der Waals surface area contributed by atoms with Crippen LogP contribution in [0.4, 0.5) is 5.69 Å². The lowest BCUT2D eigenvalue weighted by molar-refractivity contribution is 0.465. The summed E-state index contributed by atoms with van der Waals surface area (Å²) in [5.41, 5.74) is 7.43. The minimum absolute atomic E-state index is 0.284. The molecule has 17 heavy (non-hydrogen) atoms. The van der Waals surface area contributed by atoms with E-state index in [0.717, 1.165) is 5.56 Å². The van der Waals surface area contributed by atoms with Gasteiger partial charge in [-0.1, -0.05) is 29.3 Å². The van der Waals surface area contributed by atoms with Gasteiger partial charge >= 0.3 is 0 Å². The number of aryl methyl sites for hydroxylation is 1. The van der Waals surface area contributed by atoms with Gasteiger partial charge in [0.1, 0.15) is 5.02 Å². The molecule has 0 bridgehead atoms. The van der Waals surface area contributed by atoms with Crippen molar-refractivity contribution in [1.82, 2.24) is 4.98 Å². The fourth-order valence-corrected chi connectivity index (χ4v) is 1.76. The lowest BCUT2D eigenvalue weighted by Gasteiger charge is -2.09. The van der Waals surface area contributed by atoms with Crippen LogP contribution in [0, 0.1) is 6.92 Å². The molecule has 0 aliphatic heterocycles. The second kappa shape index (κ2) is 4.82. The number of aromatic nitrogens is 1. The van der Waals surface area contributed by atoms with Crippen molar-refractivity contribution in [2.24, 2.45) is 0 Å².